The molecule has 0 saturated carbocycles. The van der Waals surface area contributed by atoms with E-state index in [4.69, 9.17) is 10.1 Å². The van der Waals surface area contributed by atoms with Crippen LogP contribution in [0.25, 0.3) is 83.4 Å². The molecule has 0 saturated heterocycles. The summed E-state index contributed by atoms with van der Waals surface area (Å²) in [4.78, 5) is 5.12. The molecule has 0 N–H and O–H groups in total. The number of benzene rings is 7. The minimum absolute atomic E-state index is 0.944. The second-order valence-electron chi connectivity index (χ2n) is 12.3. The Balaban J connectivity index is 1.30. The number of pyridine rings is 1. The average Bonchev–Trinajstić information content (AvgIpc) is 3.60. The van der Waals surface area contributed by atoms with E-state index in [0.717, 1.165) is 67.1 Å². The Hall–Kier alpha value is -6.58. The van der Waals surface area contributed by atoms with E-state index in [1.807, 2.05) is 12.1 Å². The maximum absolute atomic E-state index is 5.44. The number of hydrogen-bond acceptors (Lipinski definition) is 2. The number of hydrogen-bond donors (Lipinski definition) is 0. The highest BCUT2D eigenvalue weighted by Gasteiger charge is 2.21. The SMILES string of the molecule is c1ccc(-c2cc(-c3cccc(-c4nn(-c5ccccc5)c5c4c(-c4ccccc4)cc4ccccc45)c3)cc(-c3ccccc3)n2)cc1. The number of fused-ring (bicyclic) bond motifs is 3. The van der Waals surface area contributed by atoms with Crippen molar-refractivity contribution in [1.82, 2.24) is 14.8 Å². The van der Waals surface area contributed by atoms with Crippen LogP contribution in [0.1, 0.15) is 0 Å². The molecule has 0 aliphatic carbocycles. The van der Waals surface area contributed by atoms with Crippen molar-refractivity contribution in [1.29, 1.82) is 0 Å². The van der Waals surface area contributed by atoms with E-state index in [-0.39, 0.29) is 0 Å². The van der Waals surface area contributed by atoms with Crippen molar-refractivity contribution >= 4 is 21.7 Å². The van der Waals surface area contributed by atoms with Crippen molar-refractivity contribution in [3.8, 4) is 61.7 Å². The standard InChI is InChI=1S/C46H31N3/c1-5-16-32(17-6-1)41-29-36-22-13-14-27-40(36)46-44(41)45(48-49(46)39-25-11-4-12-26-39)37-24-15-23-35(28-37)38-30-42(33-18-7-2-8-19-33)47-43(31-38)34-20-9-3-10-21-34/h1-31H. The average molecular weight is 626 g/mol. The first-order valence-corrected chi connectivity index (χ1v) is 16.6. The highest BCUT2D eigenvalue weighted by molar-refractivity contribution is 6.17. The predicted molar refractivity (Wildman–Crippen MR) is 204 cm³/mol. The number of para-hydroxylation sites is 1. The van der Waals surface area contributed by atoms with E-state index in [1.54, 1.807) is 0 Å². The Kier molecular flexibility index (Phi) is 7.14. The fraction of sp³-hybridized carbons (Fsp3) is 0. The van der Waals surface area contributed by atoms with Gasteiger partial charge >= 0.3 is 0 Å². The van der Waals surface area contributed by atoms with Crippen LogP contribution in [0.4, 0.5) is 0 Å². The first-order valence-electron chi connectivity index (χ1n) is 16.6. The summed E-state index contributed by atoms with van der Waals surface area (Å²) < 4.78 is 2.12. The first-order chi connectivity index (χ1) is 24.3. The van der Waals surface area contributed by atoms with Crippen LogP contribution in [-0.4, -0.2) is 14.8 Å². The summed E-state index contributed by atoms with van der Waals surface area (Å²) in [7, 11) is 0. The zero-order valence-electron chi connectivity index (χ0n) is 26.7. The van der Waals surface area contributed by atoms with Crippen LogP contribution in [0.15, 0.2) is 188 Å². The minimum atomic E-state index is 0.944. The van der Waals surface area contributed by atoms with Gasteiger partial charge in [0.2, 0.25) is 0 Å². The molecule has 2 aromatic heterocycles. The monoisotopic (exact) mass is 625 g/mol. The van der Waals surface area contributed by atoms with Crippen molar-refractivity contribution in [2.45, 2.75) is 0 Å². The summed E-state index contributed by atoms with van der Waals surface area (Å²) in [6.07, 6.45) is 0. The third kappa shape index (κ3) is 5.28. The van der Waals surface area contributed by atoms with Gasteiger partial charge in [0.15, 0.2) is 0 Å². The van der Waals surface area contributed by atoms with Crippen LogP contribution in [0.5, 0.6) is 0 Å². The van der Waals surface area contributed by atoms with Crippen LogP contribution in [0.2, 0.25) is 0 Å². The molecule has 0 fully saturated rings. The van der Waals surface area contributed by atoms with Crippen LogP contribution in [-0.2, 0) is 0 Å². The largest absolute Gasteiger partial charge is 0.248 e. The van der Waals surface area contributed by atoms with Gasteiger partial charge in [0, 0.05) is 27.5 Å². The minimum Gasteiger partial charge on any atom is -0.248 e. The van der Waals surface area contributed by atoms with Gasteiger partial charge in [-0.2, -0.15) is 5.10 Å². The van der Waals surface area contributed by atoms with E-state index in [9.17, 15) is 0 Å². The van der Waals surface area contributed by atoms with Crippen molar-refractivity contribution in [2.24, 2.45) is 0 Å². The molecule has 0 atom stereocenters. The Morgan fingerprint density at radius 2 is 0.918 bits per heavy atom. The maximum atomic E-state index is 5.44. The van der Waals surface area contributed by atoms with Gasteiger partial charge in [0.1, 0.15) is 5.69 Å². The van der Waals surface area contributed by atoms with Gasteiger partial charge < -0.3 is 0 Å². The molecule has 0 aliphatic heterocycles. The lowest BCUT2D eigenvalue weighted by atomic mass is 9.92. The smallest absolute Gasteiger partial charge is 0.101 e. The van der Waals surface area contributed by atoms with Crippen LogP contribution in [0.3, 0.4) is 0 Å². The molecular weight excluding hydrogens is 595 g/mol. The molecule has 9 aromatic rings. The van der Waals surface area contributed by atoms with E-state index in [2.05, 4.69) is 181 Å². The highest BCUT2D eigenvalue weighted by Crippen LogP contribution is 2.42. The van der Waals surface area contributed by atoms with Crippen molar-refractivity contribution < 1.29 is 0 Å². The quantitative estimate of drug-likeness (QED) is 0.184. The zero-order valence-corrected chi connectivity index (χ0v) is 26.7. The molecule has 3 heteroatoms. The van der Waals surface area contributed by atoms with Crippen molar-refractivity contribution in [3.05, 3.63) is 188 Å². The number of aromatic nitrogens is 3. The Labute approximate surface area is 285 Å². The molecule has 2 heterocycles. The molecule has 0 aliphatic rings. The van der Waals surface area contributed by atoms with Gasteiger partial charge in [-0.3, -0.25) is 0 Å². The van der Waals surface area contributed by atoms with Crippen LogP contribution >= 0.6 is 0 Å². The molecule has 9 rings (SSSR count). The summed E-state index contributed by atoms with van der Waals surface area (Å²) in [6.45, 7) is 0. The summed E-state index contributed by atoms with van der Waals surface area (Å²) in [5.41, 5.74) is 12.7. The molecule has 3 nitrogen and oxygen atoms in total. The van der Waals surface area contributed by atoms with Crippen LogP contribution < -0.4 is 0 Å². The third-order valence-electron chi connectivity index (χ3n) is 9.19. The molecule has 0 bridgehead atoms. The predicted octanol–water partition coefficient (Wildman–Crippen LogP) is 11.9. The molecule has 0 amide bonds. The van der Waals surface area contributed by atoms with Gasteiger partial charge in [-0.15, -0.1) is 0 Å². The second kappa shape index (κ2) is 12.2. The third-order valence-corrected chi connectivity index (χ3v) is 9.19. The highest BCUT2D eigenvalue weighted by atomic mass is 15.3. The topological polar surface area (TPSA) is 30.7 Å². The fourth-order valence-electron chi connectivity index (χ4n) is 6.85. The van der Waals surface area contributed by atoms with E-state index < -0.39 is 0 Å². The van der Waals surface area contributed by atoms with Gasteiger partial charge in [-0.1, -0.05) is 152 Å². The Morgan fingerprint density at radius 3 is 1.57 bits per heavy atom. The summed E-state index contributed by atoms with van der Waals surface area (Å²) in [5.74, 6) is 0. The second-order valence-corrected chi connectivity index (χ2v) is 12.3. The molecule has 230 valence electrons. The molecule has 0 radical (unpaired) electrons. The maximum Gasteiger partial charge on any atom is 0.101 e. The van der Waals surface area contributed by atoms with Gasteiger partial charge in [-0.05, 0) is 64.0 Å². The van der Waals surface area contributed by atoms with Crippen LogP contribution in [0, 0.1) is 0 Å². The molecular formula is C46H31N3. The molecule has 7 aromatic carbocycles. The molecule has 0 unspecified atom stereocenters. The van der Waals surface area contributed by atoms with Crippen molar-refractivity contribution in [2.75, 3.05) is 0 Å². The Bertz CT molecular complexity index is 2510. The van der Waals surface area contributed by atoms with E-state index >= 15 is 0 Å². The van der Waals surface area contributed by atoms with Gasteiger partial charge in [0.25, 0.3) is 0 Å². The Morgan fingerprint density at radius 1 is 0.388 bits per heavy atom. The normalized spacial score (nSPS) is 11.3. The zero-order chi connectivity index (χ0) is 32.6. The van der Waals surface area contributed by atoms with E-state index in [0.29, 0.717) is 0 Å². The van der Waals surface area contributed by atoms with E-state index in [1.165, 1.54) is 16.3 Å². The summed E-state index contributed by atoms with van der Waals surface area (Å²) in [6, 6.07) is 66.1. The molecule has 0 spiro atoms. The number of rotatable bonds is 6. The summed E-state index contributed by atoms with van der Waals surface area (Å²) in [5, 5.41) is 8.93. The first kappa shape index (κ1) is 28.6. The van der Waals surface area contributed by atoms with Gasteiger partial charge in [0.05, 0.1) is 22.6 Å². The lowest BCUT2D eigenvalue weighted by Crippen LogP contribution is -1.96. The lowest BCUT2D eigenvalue weighted by molar-refractivity contribution is 0.918. The summed E-state index contributed by atoms with van der Waals surface area (Å²) >= 11 is 0. The number of nitrogens with zero attached hydrogens (tertiary/aromatic N) is 3. The van der Waals surface area contributed by atoms with Crippen molar-refractivity contribution in [3.63, 3.8) is 0 Å². The fourth-order valence-corrected chi connectivity index (χ4v) is 6.85. The lowest BCUT2D eigenvalue weighted by Gasteiger charge is -2.12. The molecule has 49 heavy (non-hydrogen) atoms. The van der Waals surface area contributed by atoms with Gasteiger partial charge in [-0.25, -0.2) is 9.67 Å².